The summed E-state index contributed by atoms with van der Waals surface area (Å²) in [5, 5.41) is 14.7. The number of rotatable bonds is 8. The molecule has 2 aromatic rings. The largest absolute Gasteiger partial charge is 0.492 e. The minimum Gasteiger partial charge on any atom is -0.492 e. The molecule has 0 radical (unpaired) electrons. The van der Waals surface area contributed by atoms with Gasteiger partial charge in [0.1, 0.15) is 11.6 Å². The van der Waals surface area contributed by atoms with Crippen molar-refractivity contribution in [2.75, 3.05) is 18.5 Å². The molecule has 2 rings (SSSR count). The average molecular weight is 346 g/mol. The predicted molar refractivity (Wildman–Crippen MR) is 95.2 cm³/mol. The molecule has 2 aromatic carbocycles. The van der Waals surface area contributed by atoms with E-state index >= 15 is 0 Å². The maximum Gasteiger partial charge on any atom is 0.319 e. The Kier molecular flexibility index (Phi) is 7.22. The summed E-state index contributed by atoms with van der Waals surface area (Å²) in [6.07, 6.45) is 1.18. The fraction of sp³-hybridized carbons (Fsp3) is 0.316. The van der Waals surface area contributed by atoms with Crippen LogP contribution in [0.15, 0.2) is 48.5 Å². The van der Waals surface area contributed by atoms with Crippen LogP contribution in [0.1, 0.15) is 31.4 Å². The smallest absolute Gasteiger partial charge is 0.319 e. The van der Waals surface area contributed by atoms with E-state index in [9.17, 15) is 9.18 Å². The highest BCUT2D eigenvalue weighted by Crippen LogP contribution is 2.26. The first kappa shape index (κ1) is 18.7. The zero-order valence-electron chi connectivity index (χ0n) is 14.2. The van der Waals surface area contributed by atoms with Gasteiger partial charge < -0.3 is 20.5 Å². The molecule has 6 heteroatoms. The first-order valence-corrected chi connectivity index (χ1v) is 8.29. The van der Waals surface area contributed by atoms with Gasteiger partial charge in [-0.25, -0.2) is 9.18 Å². The maximum absolute atomic E-state index is 13.3. The van der Waals surface area contributed by atoms with Gasteiger partial charge >= 0.3 is 6.03 Å². The van der Waals surface area contributed by atoms with Gasteiger partial charge in [0.25, 0.3) is 0 Å². The summed E-state index contributed by atoms with van der Waals surface area (Å²) in [6, 6.07) is 12.9. The molecule has 0 saturated heterocycles. The second-order valence-electron chi connectivity index (χ2n) is 5.50. The standard InChI is InChI=1S/C19H23FN2O3/c1-2-25-18-13-15(20)10-11-17(18)22-19(24)21-16(9-6-12-23)14-7-4-3-5-8-14/h3-5,7-8,10-11,13,16,23H,2,6,9,12H2,1H3,(H2,21,22,24). The van der Waals surface area contributed by atoms with E-state index < -0.39 is 11.8 Å². The van der Waals surface area contributed by atoms with Crippen LogP contribution in [0, 0.1) is 5.82 Å². The van der Waals surface area contributed by atoms with E-state index in [4.69, 9.17) is 9.84 Å². The SMILES string of the molecule is CCOc1cc(F)ccc1NC(=O)NC(CCCO)c1ccccc1. The average Bonchev–Trinajstić information content (AvgIpc) is 2.62. The summed E-state index contributed by atoms with van der Waals surface area (Å²) in [4.78, 5) is 12.4. The lowest BCUT2D eigenvalue weighted by atomic mass is 10.0. The second kappa shape index (κ2) is 9.64. The summed E-state index contributed by atoms with van der Waals surface area (Å²) in [5.74, 6) is -0.149. The Bertz CT molecular complexity index is 680. The van der Waals surface area contributed by atoms with Crippen LogP contribution in [-0.2, 0) is 0 Å². The number of anilines is 1. The van der Waals surface area contributed by atoms with Gasteiger partial charge in [0, 0.05) is 12.7 Å². The number of ether oxygens (including phenoxy) is 1. The normalized spacial score (nSPS) is 11.6. The molecule has 0 aliphatic rings. The first-order chi connectivity index (χ1) is 12.1. The second-order valence-corrected chi connectivity index (χ2v) is 5.50. The van der Waals surface area contributed by atoms with Crippen LogP contribution in [-0.4, -0.2) is 24.4 Å². The van der Waals surface area contributed by atoms with Crippen LogP contribution in [0.4, 0.5) is 14.9 Å². The summed E-state index contributed by atoms with van der Waals surface area (Å²) in [6.45, 7) is 2.21. The lowest BCUT2D eigenvalue weighted by Gasteiger charge is -2.20. The summed E-state index contributed by atoms with van der Waals surface area (Å²) < 4.78 is 18.7. The van der Waals surface area contributed by atoms with Gasteiger partial charge in [0.15, 0.2) is 0 Å². The number of aliphatic hydroxyl groups excluding tert-OH is 1. The van der Waals surface area contributed by atoms with Crippen molar-refractivity contribution in [2.24, 2.45) is 0 Å². The summed E-state index contributed by atoms with van der Waals surface area (Å²) in [5.41, 5.74) is 1.35. The van der Waals surface area contributed by atoms with Crippen LogP contribution in [0.25, 0.3) is 0 Å². The van der Waals surface area contributed by atoms with E-state index in [1.807, 2.05) is 30.3 Å². The van der Waals surface area contributed by atoms with Crippen molar-refractivity contribution < 1.29 is 19.0 Å². The molecule has 0 heterocycles. The van der Waals surface area contributed by atoms with Gasteiger partial charge in [0.05, 0.1) is 18.3 Å². The molecule has 0 fully saturated rings. The van der Waals surface area contributed by atoms with E-state index in [0.717, 1.165) is 5.56 Å². The molecule has 0 aliphatic carbocycles. The molecule has 134 valence electrons. The maximum atomic E-state index is 13.3. The summed E-state index contributed by atoms with van der Waals surface area (Å²) in [7, 11) is 0. The highest BCUT2D eigenvalue weighted by Gasteiger charge is 2.15. The topological polar surface area (TPSA) is 70.6 Å². The monoisotopic (exact) mass is 346 g/mol. The number of nitrogens with one attached hydrogen (secondary N) is 2. The van der Waals surface area contributed by atoms with Crippen LogP contribution in [0.5, 0.6) is 5.75 Å². The molecule has 5 nitrogen and oxygen atoms in total. The molecule has 0 bridgehead atoms. The number of hydrogen-bond donors (Lipinski definition) is 3. The van der Waals surface area contributed by atoms with Crippen molar-refractivity contribution in [3.05, 3.63) is 59.9 Å². The van der Waals surface area contributed by atoms with E-state index in [1.54, 1.807) is 6.92 Å². The number of halogens is 1. The third-order valence-corrected chi connectivity index (χ3v) is 3.65. The van der Waals surface area contributed by atoms with Crippen molar-refractivity contribution in [3.63, 3.8) is 0 Å². The van der Waals surface area contributed by atoms with Crippen molar-refractivity contribution >= 4 is 11.7 Å². The zero-order chi connectivity index (χ0) is 18.1. The molecule has 0 aliphatic heterocycles. The van der Waals surface area contributed by atoms with Gasteiger partial charge in [-0.2, -0.15) is 0 Å². The van der Waals surface area contributed by atoms with Crippen molar-refractivity contribution in [1.29, 1.82) is 0 Å². The zero-order valence-corrected chi connectivity index (χ0v) is 14.2. The minimum absolute atomic E-state index is 0.0546. The van der Waals surface area contributed by atoms with Gasteiger partial charge in [-0.15, -0.1) is 0 Å². The highest BCUT2D eigenvalue weighted by molar-refractivity contribution is 5.91. The number of carbonyl (C=O) groups excluding carboxylic acids is 1. The van der Waals surface area contributed by atoms with Gasteiger partial charge in [0.2, 0.25) is 0 Å². The Morgan fingerprint density at radius 1 is 1.24 bits per heavy atom. The molecule has 25 heavy (non-hydrogen) atoms. The number of benzene rings is 2. The van der Waals surface area contributed by atoms with Crippen LogP contribution in [0.2, 0.25) is 0 Å². The minimum atomic E-state index is -0.431. The molecular formula is C19H23FN2O3. The van der Waals surface area contributed by atoms with Gasteiger partial charge in [-0.3, -0.25) is 0 Å². The van der Waals surface area contributed by atoms with Crippen LogP contribution < -0.4 is 15.4 Å². The van der Waals surface area contributed by atoms with Crippen molar-refractivity contribution in [1.82, 2.24) is 5.32 Å². The molecule has 1 atom stereocenters. The molecule has 3 N–H and O–H groups in total. The third kappa shape index (κ3) is 5.76. The molecule has 0 aromatic heterocycles. The molecule has 2 amide bonds. The van der Waals surface area contributed by atoms with Crippen LogP contribution in [0.3, 0.4) is 0 Å². The van der Waals surface area contributed by atoms with E-state index in [-0.39, 0.29) is 18.4 Å². The van der Waals surface area contributed by atoms with E-state index in [0.29, 0.717) is 25.1 Å². The Morgan fingerprint density at radius 2 is 2.00 bits per heavy atom. The van der Waals surface area contributed by atoms with Gasteiger partial charge in [-0.1, -0.05) is 30.3 Å². The molecule has 1 unspecified atom stereocenters. The predicted octanol–water partition coefficient (Wildman–Crippen LogP) is 3.86. The Balaban J connectivity index is 2.08. The Morgan fingerprint density at radius 3 is 2.68 bits per heavy atom. The Labute approximate surface area is 146 Å². The first-order valence-electron chi connectivity index (χ1n) is 8.29. The fourth-order valence-corrected chi connectivity index (χ4v) is 2.49. The molecule has 0 saturated carbocycles. The number of carbonyl (C=O) groups is 1. The number of aliphatic hydroxyl groups is 1. The van der Waals surface area contributed by atoms with Crippen molar-refractivity contribution in [2.45, 2.75) is 25.8 Å². The van der Waals surface area contributed by atoms with Crippen molar-refractivity contribution in [3.8, 4) is 5.75 Å². The van der Waals surface area contributed by atoms with Crippen LogP contribution >= 0.6 is 0 Å². The van der Waals surface area contributed by atoms with E-state index in [2.05, 4.69) is 10.6 Å². The lowest BCUT2D eigenvalue weighted by Crippen LogP contribution is -2.33. The lowest BCUT2D eigenvalue weighted by molar-refractivity contribution is 0.243. The number of urea groups is 1. The Hall–Kier alpha value is -2.60. The van der Waals surface area contributed by atoms with E-state index in [1.165, 1.54) is 18.2 Å². The fourth-order valence-electron chi connectivity index (χ4n) is 2.49. The van der Waals surface area contributed by atoms with Gasteiger partial charge in [-0.05, 0) is 37.5 Å². The number of amides is 2. The number of hydrogen-bond acceptors (Lipinski definition) is 3. The molecular weight excluding hydrogens is 323 g/mol. The quantitative estimate of drug-likeness (QED) is 0.680. The highest BCUT2D eigenvalue weighted by atomic mass is 19.1. The third-order valence-electron chi connectivity index (χ3n) is 3.65. The summed E-state index contributed by atoms with van der Waals surface area (Å²) >= 11 is 0. The molecule has 0 spiro atoms.